The third-order valence-corrected chi connectivity index (χ3v) is 5.71. The highest BCUT2D eigenvalue weighted by Crippen LogP contribution is 2.26. The lowest BCUT2D eigenvalue weighted by Gasteiger charge is -2.44. The Morgan fingerprint density at radius 3 is 2.33 bits per heavy atom. The molecule has 1 heterocycles. The first-order valence-electron chi connectivity index (χ1n) is 11.2. The van der Waals surface area contributed by atoms with Gasteiger partial charge >= 0.3 is 18.0 Å². The molecule has 1 unspecified atom stereocenters. The molecule has 0 bridgehead atoms. The Labute approximate surface area is 208 Å². The van der Waals surface area contributed by atoms with Gasteiger partial charge in [0.05, 0.1) is 19.2 Å². The van der Waals surface area contributed by atoms with Crippen LogP contribution in [0.3, 0.4) is 0 Å². The lowest BCUT2D eigenvalue weighted by atomic mass is 10.1. The maximum atomic E-state index is 13.0. The predicted octanol–water partition coefficient (Wildman–Crippen LogP) is 4.13. The predicted molar refractivity (Wildman–Crippen MR) is 133 cm³/mol. The van der Waals surface area contributed by atoms with E-state index in [2.05, 4.69) is 5.32 Å². The van der Waals surface area contributed by atoms with Crippen molar-refractivity contribution in [3.63, 3.8) is 0 Å². The summed E-state index contributed by atoms with van der Waals surface area (Å²) in [6, 6.07) is 20.3. The second-order valence-electron chi connectivity index (χ2n) is 8.31. The summed E-state index contributed by atoms with van der Waals surface area (Å²) in [4.78, 5) is 39.7. The lowest BCUT2D eigenvalue weighted by Crippen LogP contribution is -2.69. The number of nitrogens with two attached hydrogens (primary N) is 1. The van der Waals surface area contributed by atoms with Gasteiger partial charge in [0, 0.05) is 12.7 Å². The third kappa shape index (κ3) is 5.23. The molecule has 1 saturated heterocycles. The molecular weight excluding hydrogens is 462 g/mol. The molecule has 3 aromatic rings. The number of aryl methyl sites for hydroxylation is 1. The number of nitrogens with one attached hydrogen (secondary N) is 1. The Morgan fingerprint density at radius 2 is 1.67 bits per heavy atom. The number of hydrazine groups is 1. The molecule has 10 nitrogen and oxygen atoms in total. The maximum absolute atomic E-state index is 13.0. The minimum absolute atomic E-state index is 0.250. The Kier molecular flexibility index (Phi) is 7.07. The van der Waals surface area contributed by atoms with E-state index in [1.54, 1.807) is 48.5 Å². The first kappa shape index (κ1) is 24.6. The summed E-state index contributed by atoms with van der Waals surface area (Å²) in [5, 5.41) is 4.14. The highest BCUT2D eigenvalue weighted by molar-refractivity contribution is 5.95. The molecule has 0 radical (unpaired) electrons. The fraction of sp³-hybridized carbons (Fsp3) is 0.192. The summed E-state index contributed by atoms with van der Waals surface area (Å²) in [5.74, 6) is 6.64. The Bertz CT molecular complexity index is 1260. The molecule has 1 aliphatic rings. The average Bonchev–Trinajstić information content (AvgIpc) is 2.90. The number of nitrogens with zero attached hydrogens (tertiary/aromatic N) is 3. The number of carbonyl (C=O) groups excluding carboxylic acids is 3. The van der Waals surface area contributed by atoms with Gasteiger partial charge in [-0.05, 0) is 55.0 Å². The molecule has 1 fully saturated rings. The van der Waals surface area contributed by atoms with E-state index in [9.17, 15) is 14.4 Å². The highest BCUT2D eigenvalue weighted by atomic mass is 16.5. The number of imide groups is 1. The summed E-state index contributed by atoms with van der Waals surface area (Å²) in [6.07, 6.45) is -0.911. The first-order valence-corrected chi connectivity index (χ1v) is 11.2. The van der Waals surface area contributed by atoms with Crippen molar-refractivity contribution in [1.29, 1.82) is 0 Å². The molecule has 4 rings (SSSR count). The monoisotopic (exact) mass is 489 g/mol. The number of benzene rings is 3. The molecule has 0 aliphatic carbocycles. The maximum Gasteiger partial charge on any atom is 0.345 e. The smallest absolute Gasteiger partial charge is 0.345 e. The van der Waals surface area contributed by atoms with Gasteiger partial charge in [0.25, 0.3) is 0 Å². The number of urea groups is 2. The van der Waals surface area contributed by atoms with Gasteiger partial charge in [-0.2, -0.15) is 0 Å². The van der Waals surface area contributed by atoms with Crippen molar-refractivity contribution < 1.29 is 23.9 Å². The van der Waals surface area contributed by atoms with Crippen LogP contribution in [-0.4, -0.2) is 53.3 Å². The number of rotatable bonds is 7. The summed E-state index contributed by atoms with van der Waals surface area (Å²) in [6.45, 7) is 2.23. The van der Waals surface area contributed by atoms with Crippen molar-refractivity contribution in [2.24, 2.45) is 5.84 Å². The summed E-state index contributed by atoms with van der Waals surface area (Å²) in [5.41, 5.74) is 2.99. The number of amides is 4. The van der Waals surface area contributed by atoms with Gasteiger partial charge in [0.15, 0.2) is 0 Å². The largest absolute Gasteiger partial charge is 0.465 e. The highest BCUT2D eigenvalue weighted by Gasteiger charge is 2.41. The molecule has 186 valence electrons. The number of hydrogen-bond acceptors (Lipinski definition) is 7. The van der Waals surface area contributed by atoms with Crippen LogP contribution in [0.5, 0.6) is 11.5 Å². The van der Waals surface area contributed by atoms with Gasteiger partial charge in [-0.1, -0.05) is 35.9 Å². The van der Waals surface area contributed by atoms with Crippen molar-refractivity contribution in [3.05, 3.63) is 89.5 Å². The van der Waals surface area contributed by atoms with E-state index >= 15 is 0 Å². The Hall–Kier alpha value is -4.57. The van der Waals surface area contributed by atoms with Gasteiger partial charge in [-0.25, -0.2) is 30.1 Å². The average molecular weight is 490 g/mol. The van der Waals surface area contributed by atoms with Crippen LogP contribution in [0.25, 0.3) is 0 Å². The van der Waals surface area contributed by atoms with Crippen molar-refractivity contribution >= 4 is 23.7 Å². The Morgan fingerprint density at radius 1 is 0.972 bits per heavy atom. The zero-order valence-corrected chi connectivity index (χ0v) is 20.2. The van der Waals surface area contributed by atoms with Crippen molar-refractivity contribution in [2.45, 2.75) is 19.8 Å². The normalized spacial score (nSPS) is 15.7. The van der Waals surface area contributed by atoms with E-state index in [1.165, 1.54) is 19.1 Å². The van der Waals surface area contributed by atoms with Crippen LogP contribution in [0.4, 0.5) is 15.3 Å². The first-order chi connectivity index (χ1) is 17.3. The molecule has 4 amide bonds. The molecule has 10 heteroatoms. The zero-order valence-electron chi connectivity index (χ0n) is 20.2. The molecule has 1 atom stereocenters. The van der Waals surface area contributed by atoms with Gasteiger partial charge in [-0.15, -0.1) is 0 Å². The molecular formula is C26H27N5O5. The topological polar surface area (TPSA) is 117 Å². The van der Waals surface area contributed by atoms with Crippen molar-refractivity contribution in [3.8, 4) is 11.5 Å². The van der Waals surface area contributed by atoms with Crippen LogP contribution in [0.15, 0.2) is 72.8 Å². The van der Waals surface area contributed by atoms with Crippen molar-refractivity contribution in [2.75, 3.05) is 19.5 Å². The number of carbonyl (C=O) groups is 3. The molecule has 1 aliphatic heterocycles. The second-order valence-corrected chi connectivity index (χ2v) is 8.31. The molecule has 0 spiro atoms. The summed E-state index contributed by atoms with van der Waals surface area (Å²) in [7, 11) is 2.71. The minimum atomic E-state index is -0.911. The van der Waals surface area contributed by atoms with Crippen LogP contribution in [0.1, 0.15) is 21.5 Å². The summed E-state index contributed by atoms with van der Waals surface area (Å²) >= 11 is 0. The van der Waals surface area contributed by atoms with Crippen LogP contribution in [0.2, 0.25) is 0 Å². The van der Waals surface area contributed by atoms with Crippen LogP contribution < -0.4 is 15.9 Å². The molecule has 3 aromatic carbocycles. The van der Waals surface area contributed by atoms with Gasteiger partial charge in [0.2, 0.25) is 6.29 Å². The zero-order chi connectivity index (χ0) is 25.8. The van der Waals surface area contributed by atoms with E-state index in [0.717, 1.165) is 21.0 Å². The SMILES string of the molecule is COC(=O)c1cccc(Oc2ccc(NC3N(N)C(=O)N(C)C(=O)N3Cc3ccc(C)cc3)cc2)c1. The van der Waals surface area contributed by atoms with Gasteiger partial charge in [0.1, 0.15) is 11.5 Å². The number of methoxy groups -OCH3 is 1. The van der Waals surface area contributed by atoms with Gasteiger partial charge in [-0.3, -0.25) is 4.90 Å². The molecule has 0 saturated carbocycles. The van der Waals surface area contributed by atoms with Crippen molar-refractivity contribution in [1.82, 2.24) is 14.8 Å². The van der Waals surface area contributed by atoms with Crippen LogP contribution in [-0.2, 0) is 11.3 Å². The van der Waals surface area contributed by atoms with E-state index in [1.807, 2.05) is 31.2 Å². The third-order valence-electron chi connectivity index (χ3n) is 5.71. The van der Waals surface area contributed by atoms with Crippen LogP contribution >= 0.6 is 0 Å². The number of hydrogen-bond donors (Lipinski definition) is 2. The van der Waals surface area contributed by atoms with E-state index in [0.29, 0.717) is 22.7 Å². The number of esters is 1. The van der Waals surface area contributed by atoms with Crippen LogP contribution in [0, 0.1) is 6.92 Å². The number of anilines is 1. The number of ether oxygens (including phenoxy) is 2. The van der Waals surface area contributed by atoms with Gasteiger partial charge < -0.3 is 14.8 Å². The second kappa shape index (κ2) is 10.4. The van der Waals surface area contributed by atoms with E-state index in [-0.39, 0.29) is 6.54 Å². The molecule has 0 aromatic heterocycles. The quantitative estimate of drug-likeness (QED) is 0.291. The minimum Gasteiger partial charge on any atom is -0.465 e. The molecule has 3 N–H and O–H groups in total. The molecule has 36 heavy (non-hydrogen) atoms. The fourth-order valence-electron chi connectivity index (χ4n) is 3.71. The Balaban J connectivity index is 1.51. The summed E-state index contributed by atoms with van der Waals surface area (Å²) < 4.78 is 10.6. The lowest BCUT2D eigenvalue weighted by molar-refractivity contribution is 0.0438. The fourth-order valence-corrected chi connectivity index (χ4v) is 3.71. The van der Waals surface area contributed by atoms with E-state index < -0.39 is 24.3 Å². The standard InChI is InChI=1S/C26H27N5O5/c1-17-7-9-18(10-8-17)16-30-24(31(27)26(34)29(2)25(30)33)28-20-11-13-21(14-12-20)36-22-6-4-5-19(15-22)23(32)35-3/h4-15,24,28H,16,27H2,1-3H3. The van der Waals surface area contributed by atoms with E-state index in [4.69, 9.17) is 15.3 Å².